The lowest BCUT2D eigenvalue weighted by molar-refractivity contribution is 0.242. The predicted molar refractivity (Wildman–Crippen MR) is 130 cm³/mol. The van der Waals surface area contributed by atoms with Gasteiger partial charge in [0.2, 0.25) is 0 Å². The molecule has 1 atom stereocenters. The Kier molecular flexibility index (Phi) is 7.94. The number of rotatable bonds is 11. The van der Waals surface area contributed by atoms with Gasteiger partial charge in [0.25, 0.3) is 0 Å². The number of hydrogen-bond donors (Lipinski definition) is 0. The van der Waals surface area contributed by atoms with Crippen molar-refractivity contribution in [3.63, 3.8) is 0 Å². The summed E-state index contributed by atoms with van der Waals surface area (Å²) in [5.74, 6) is 2.67. The lowest BCUT2D eigenvalue weighted by Crippen LogP contribution is -2.22. The van der Waals surface area contributed by atoms with Crippen LogP contribution in [0.2, 0.25) is 0 Å². The summed E-state index contributed by atoms with van der Waals surface area (Å²) in [5.41, 5.74) is 2.58. The monoisotopic (exact) mass is 414 g/mol. The second kappa shape index (κ2) is 10.9. The molecule has 0 aliphatic carbocycles. The van der Waals surface area contributed by atoms with Crippen molar-refractivity contribution in [1.82, 2.24) is 0 Å². The van der Waals surface area contributed by atoms with Gasteiger partial charge in [0, 0.05) is 5.41 Å². The van der Waals surface area contributed by atoms with Gasteiger partial charge in [0.15, 0.2) is 0 Å². The maximum Gasteiger partial charge on any atom is 0.127 e. The quantitative estimate of drug-likeness (QED) is 0.295. The van der Waals surface area contributed by atoms with Crippen molar-refractivity contribution in [1.29, 1.82) is 0 Å². The fraction of sp³-hybridized carbons (Fsp3) is 0.310. The van der Waals surface area contributed by atoms with Gasteiger partial charge < -0.3 is 9.47 Å². The van der Waals surface area contributed by atoms with E-state index in [9.17, 15) is 0 Å². The predicted octanol–water partition coefficient (Wildman–Crippen LogP) is 8.12. The first-order valence-corrected chi connectivity index (χ1v) is 11.3. The van der Waals surface area contributed by atoms with Crippen molar-refractivity contribution in [2.45, 2.75) is 58.0 Å². The second-order valence-corrected chi connectivity index (χ2v) is 8.32. The largest absolute Gasteiger partial charge is 0.491 e. The van der Waals surface area contributed by atoms with Crippen molar-refractivity contribution in [3.05, 3.63) is 103 Å². The van der Waals surface area contributed by atoms with Crippen molar-refractivity contribution in [2.24, 2.45) is 0 Å². The van der Waals surface area contributed by atoms with Crippen LogP contribution in [0.4, 0.5) is 0 Å². The molecule has 0 spiro atoms. The van der Waals surface area contributed by atoms with E-state index in [0.29, 0.717) is 0 Å². The van der Waals surface area contributed by atoms with E-state index < -0.39 is 0 Å². The number of allylic oxidation sites excluding steroid dienone is 1. The summed E-state index contributed by atoms with van der Waals surface area (Å²) in [7, 11) is 0. The van der Waals surface area contributed by atoms with Gasteiger partial charge in [-0.05, 0) is 87.1 Å². The Morgan fingerprint density at radius 3 is 2.23 bits per heavy atom. The molecule has 0 heterocycles. The first-order chi connectivity index (χ1) is 15.0. The highest BCUT2D eigenvalue weighted by atomic mass is 16.5. The third-order valence-electron chi connectivity index (χ3n) is 5.79. The summed E-state index contributed by atoms with van der Waals surface area (Å²) in [6, 6.07) is 26.9. The first kappa shape index (κ1) is 22.7. The van der Waals surface area contributed by atoms with Crippen LogP contribution in [0.15, 0.2) is 91.5 Å². The molecule has 162 valence electrons. The van der Waals surface area contributed by atoms with Gasteiger partial charge in [-0.15, -0.1) is 6.58 Å². The Balaban J connectivity index is 1.64. The molecule has 0 aliphatic rings. The zero-order valence-corrected chi connectivity index (χ0v) is 19.0. The van der Waals surface area contributed by atoms with Crippen molar-refractivity contribution < 1.29 is 9.47 Å². The van der Waals surface area contributed by atoms with Crippen LogP contribution in [-0.2, 0) is 11.8 Å². The van der Waals surface area contributed by atoms with Crippen LogP contribution in [0.3, 0.4) is 0 Å². The van der Waals surface area contributed by atoms with Gasteiger partial charge in [-0.25, -0.2) is 0 Å². The molecule has 0 amide bonds. The van der Waals surface area contributed by atoms with E-state index in [1.165, 1.54) is 11.1 Å². The molecule has 0 saturated carbocycles. The van der Waals surface area contributed by atoms with E-state index in [0.717, 1.165) is 42.9 Å². The Labute approximate surface area is 187 Å². The SMILES string of the molecule is C=CC(CC)(CCCc1cccc(Oc2ccccc2)c1)c1ccc(OC(C)C)cc1. The first-order valence-electron chi connectivity index (χ1n) is 11.3. The Morgan fingerprint density at radius 1 is 0.871 bits per heavy atom. The van der Waals surface area contributed by atoms with E-state index in [-0.39, 0.29) is 11.5 Å². The summed E-state index contributed by atoms with van der Waals surface area (Å²) in [6.45, 7) is 10.5. The molecule has 31 heavy (non-hydrogen) atoms. The summed E-state index contributed by atoms with van der Waals surface area (Å²) in [6.07, 6.45) is 6.48. The summed E-state index contributed by atoms with van der Waals surface area (Å²) < 4.78 is 11.8. The molecule has 0 fully saturated rings. The van der Waals surface area contributed by atoms with Crippen LogP contribution < -0.4 is 9.47 Å². The molecule has 0 N–H and O–H groups in total. The molecule has 0 radical (unpaired) electrons. The normalized spacial score (nSPS) is 12.9. The van der Waals surface area contributed by atoms with Gasteiger partial charge >= 0.3 is 0 Å². The molecular formula is C29H34O2. The number of ether oxygens (including phenoxy) is 2. The Hall–Kier alpha value is -3.00. The van der Waals surface area contributed by atoms with Crippen LogP contribution in [0.1, 0.15) is 51.2 Å². The van der Waals surface area contributed by atoms with Gasteiger partial charge in [0.1, 0.15) is 17.2 Å². The number of aryl methyl sites for hydroxylation is 1. The summed E-state index contributed by atoms with van der Waals surface area (Å²) >= 11 is 0. The van der Waals surface area contributed by atoms with Crippen molar-refractivity contribution in [2.75, 3.05) is 0 Å². The van der Waals surface area contributed by atoms with Crippen LogP contribution >= 0.6 is 0 Å². The van der Waals surface area contributed by atoms with E-state index in [4.69, 9.17) is 9.47 Å². The van der Waals surface area contributed by atoms with Crippen molar-refractivity contribution >= 4 is 0 Å². The molecule has 2 heteroatoms. The van der Waals surface area contributed by atoms with Gasteiger partial charge in [-0.3, -0.25) is 0 Å². The fourth-order valence-electron chi connectivity index (χ4n) is 4.02. The van der Waals surface area contributed by atoms with Crippen LogP contribution in [-0.4, -0.2) is 6.10 Å². The molecule has 3 rings (SSSR count). The molecule has 2 nitrogen and oxygen atoms in total. The van der Waals surface area contributed by atoms with Crippen molar-refractivity contribution in [3.8, 4) is 17.2 Å². The van der Waals surface area contributed by atoms with Crippen LogP contribution in [0.25, 0.3) is 0 Å². The number of para-hydroxylation sites is 1. The summed E-state index contributed by atoms with van der Waals surface area (Å²) in [5, 5.41) is 0. The van der Waals surface area contributed by atoms with Crippen LogP contribution in [0.5, 0.6) is 17.2 Å². The molecule has 3 aromatic rings. The number of hydrogen-bond acceptors (Lipinski definition) is 2. The fourth-order valence-corrected chi connectivity index (χ4v) is 4.02. The highest BCUT2D eigenvalue weighted by molar-refractivity contribution is 5.36. The molecule has 0 aromatic heterocycles. The maximum absolute atomic E-state index is 5.99. The van der Waals surface area contributed by atoms with Gasteiger partial charge in [-0.2, -0.15) is 0 Å². The average Bonchev–Trinajstić information content (AvgIpc) is 2.78. The summed E-state index contributed by atoms with van der Waals surface area (Å²) in [4.78, 5) is 0. The number of benzene rings is 3. The molecule has 0 saturated heterocycles. The standard InChI is InChI=1S/C29H34O2/c1-5-29(6-2,25-17-19-27(20-18-25)30-23(3)4)21-11-13-24-12-10-16-28(22-24)31-26-14-8-7-9-15-26/h5,7-10,12,14-20,22-23H,1,6,11,13,21H2,2-4H3. The second-order valence-electron chi connectivity index (χ2n) is 8.32. The highest BCUT2D eigenvalue weighted by Crippen LogP contribution is 2.36. The maximum atomic E-state index is 5.99. The molecule has 1 unspecified atom stereocenters. The highest BCUT2D eigenvalue weighted by Gasteiger charge is 2.26. The third kappa shape index (κ3) is 6.24. The van der Waals surface area contributed by atoms with Gasteiger partial charge in [-0.1, -0.05) is 55.5 Å². The van der Waals surface area contributed by atoms with Crippen LogP contribution in [0, 0.1) is 0 Å². The average molecular weight is 415 g/mol. The zero-order valence-electron chi connectivity index (χ0n) is 19.0. The minimum absolute atomic E-state index is 0.0193. The van der Waals surface area contributed by atoms with Gasteiger partial charge in [0.05, 0.1) is 6.10 Å². The minimum atomic E-state index is -0.0193. The lowest BCUT2D eigenvalue weighted by atomic mass is 9.74. The van der Waals surface area contributed by atoms with E-state index in [1.807, 2.05) is 50.2 Å². The molecule has 0 bridgehead atoms. The molecule has 0 aliphatic heterocycles. The smallest absolute Gasteiger partial charge is 0.127 e. The van der Waals surface area contributed by atoms with E-state index in [2.05, 4.69) is 62.0 Å². The Bertz CT molecular complexity index is 944. The zero-order chi connectivity index (χ0) is 22.1. The minimum Gasteiger partial charge on any atom is -0.491 e. The molecule has 3 aromatic carbocycles. The Morgan fingerprint density at radius 2 is 1.58 bits per heavy atom. The topological polar surface area (TPSA) is 18.5 Å². The van der Waals surface area contributed by atoms with E-state index in [1.54, 1.807) is 0 Å². The molecular weight excluding hydrogens is 380 g/mol. The van der Waals surface area contributed by atoms with E-state index >= 15 is 0 Å². The third-order valence-corrected chi connectivity index (χ3v) is 5.79. The lowest BCUT2D eigenvalue weighted by Gasteiger charge is -2.30.